The second-order valence-corrected chi connectivity index (χ2v) is 10.0. The molecule has 0 radical (unpaired) electrons. The van der Waals surface area contributed by atoms with Crippen LogP contribution in [0.2, 0.25) is 0 Å². The van der Waals surface area contributed by atoms with Crippen LogP contribution in [0.4, 0.5) is 0 Å². The lowest BCUT2D eigenvalue weighted by Gasteiger charge is -2.30. The van der Waals surface area contributed by atoms with Crippen molar-refractivity contribution in [2.24, 2.45) is 0 Å². The van der Waals surface area contributed by atoms with Crippen LogP contribution < -0.4 is 0 Å². The van der Waals surface area contributed by atoms with Crippen molar-refractivity contribution in [1.29, 1.82) is 0 Å². The van der Waals surface area contributed by atoms with Crippen molar-refractivity contribution < 1.29 is 4.74 Å². The molecule has 0 amide bonds. The van der Waals surface area contributed by atoms with E-state index in [4.69, 9.17) is 9.72 Å². The maximum Gasteiger partial charge on any atom is 0.198 e. The first-order chi connectivity index (χ1) is 12.5. The Morgan fingerprint density at radius 1 is 1.31 bits per heavy atom. The monoisotopic (exact) mass is 406 g/mol. The topological polar surface area (TPSA) is 52.3 Å². The molecular formula is C18H22N4OS3. The number of fused-ring (bicyclic) bond motifs is 5. The van der Waals surface area contributed by atoms with Gasteiger partial charge in [0.15, 0.2) is 16.0 Å². The molecule has 0 bridgehead atoms. The van der Waals surface area contributed by atoms with Gasteiger partial charge in [-0.05, 0) is 25.8 Å². The van der Waals surface area contributed by atoms with Gasteiger partial charge in [-0.25, -0.2) is 9.38 Å². The zero-order valence-corrected chi connectivity index (χ0v) is 17.7. The first-order valence-electron chi connectivity index (χ1n) is 8.74. The molecule has 0 aromatic carbocycles. The lowest BCUT2D eigenvalue weighted by Crippen LogP contribution is -2.31. The standard InChI is InChI=1S/C18H22N4OS3/c1-5-7-24-16-19-15-13(11-9-18(3,4)23-10-12(11)26-15)14-20-21-17(22(14)16)25-8-6-2/h6H,2,5,7-10H2,1,3-4H3. The van der Waals surface area contributed by atoms with Crippen LogP contribution >= 0.6 is 34.9 Å². The van der Waals surface area contributed by atoms with E-state index in [0.29, 0.717) is 6.61 Å². The van der Waals surface area contributed by atoms with Crippen molar-refractivity contribution >= 4 is 50.7 Å². The Labute approximate surface area is 165 Å². The summed E-state index contributed by atoms with van der Waals surface area (Å²) >= 11 is 5.16. The highest BCUT2D eigenvalue weighted by atomic mass is 32.2. The molecule has 26 heavy (non-hydrogen) atoms. The third kappa shape index (κ3) is 3.17. The fourth-order valence-corrected chi connectivity index (χ4v) is 5.83. The quantitative estimate of drug-likeness (QED) is 0.327. The second-order valence-electron chi connectivity index (χ2n) is 6.89. The lowest BCUT2D eigenvalue weighted by atomic mass is 9.94. The van der Waals surface area contributed by atoms with E-state index in [1.807, 2.05) is 6.08 Å². The molecule has 138 valence electrons. The molecule has 0 unspecified atom stereocenters. The van der Waals surface area contributed by atoms with Gasteiger partial charge in [-0.1, -0.05) is 36.5 Å². The maximum absolute atomic E-state index is 6.01. The van der Waals surface area contributed by atoms with E-state index < -0.39 is 0 Å². The third-order valence-corrected chi connectivity index (χ3v) is 7.45. The maximum atomic E-state index is 6.01. The minimum atomic E-state index is -0.159. The summed E-state index contributed by atoms with van der Waals surface area (Å²) < 4.78 is 8.14. The van der Waals surface area contributed by atoms with Crippen LogP contribution in [0.3, 0.4) is 0 Å². The Morgan fingerprint density at radius 3 is 2.92 bits per heavy atom. The van der Waals surface area contributed by atoms with E-state index in [1.165, 1.54) is 10.4 Å². The summed E-state index contributed by atoms with van der Waals surface area (Å²) in [4.78, 5) is 7.33. The molecule has 0 spiro atoms. The summed E-state index contributed by atoms with van der Waals surface area (Å²) in [7, 11) is 0. The van der Waals surface area contributed by atoms with Crippen LogP contribution in [-0.2, 0) is 17.8 Å². The van der Waals surface area contributed by atoms with Crippen LogP contribution in [0.25, 0.3) is 15.9 Å². The highest BCUT2D eigenvalue weighted by molar-refractivity contribution is 7.99. The summed E-state index contributed by atoms with van der Waals surface area (Å²) in [5, 5.41) is 12.0. The third-order valence-electron chi connectivity index (χ3n) is 4.28. The van der Waals surface area contributed by atoms with E-state index in [-0.39, 0.29) is 5.60 Å². The van der Waals surface area contributed by atoms with Gasteiger partial charge in [0.05, 0.1) is 17.6 Å². The summed E-state index contributed by atoms with van der Waals surface area (Å²) in [6, 6.07) is 0. The van der Waals surface area contributed by atoms with Crippen LogP contribution in [0.1, 0.15) is 37.6 Å². The van der Waals surface area contributed by atoms with Crippen molar-refractivity contribution in [2.75, 3.05) is 11.5 Å². The average molecular weight is 407 g/mol. The smallest absolute Gasteiger partial charge is 0.198 e. The molecule has 8 heteroatoms. The fourth-order valence-electron chi connectivity index (χ4n) is 3.11. The number of thioether (sulfide) groups is 2. The van der Waals surface area contributed by atoms with E-state index in [0.717, 1.165) is 50.5 Å². The highest BCUT2D eigenvalue weighted by Crippen LogP contribution is 2.41. The molecular weight excluding hydrogens is 384 g/mol. The van der Waals surface area contributed by atoms with E-state index in [9.17, 15) is 0 Å². The van der Waals surface area contributed by atoms with Gasteiger partial charge in [0, 0.05) is 22.8 Å². The highest BCUT2D eigenvalue weighted by Gasteiger charge is 2.31. The molecule has 1 aliphatic heterocycles. The molecule has 4 heterocycles. The number of aromatic nitrogens is 4. The van der Waals surface area contributed by atoms with Gasteiger partial charge in [-0.15, -0.1) is 28.1 Å². The van der Waals surface area contributed by atoms with Crippen molar-refractivity contribution in [3.05, 3.63) is 23.1 Å². The summed E-state index contributed by atoms with van der Waals surface area (Å²) in [6.45, 7) is 10.9. The molecule has 1 aliphatic rings. The van der Waals surface area contributed by atoms with Gasteiger partial charge in [0.1, 0.15) is 4.83 Å². The molecule has 3 aromatic rings. The Hall–Kier alpha value is -1.09. The van der Waals surface area contributed by atoms with Gasteiger partial charge in [-0.2, -0.15) is 0 Å². The first kappa shape index (κ1) is 18.3. The Kier molecular flexibility index (Phi) is 5.02. The summed E-state index contributed by atoms with van der Waals surface area (Å²) in [5.41, 5.74) is 2.10. The summed E-state index contributed by atoms with van der Waals surface area (Å²) in [5.74, 6) is 1.83. The molecule has 0 saturated heterocycles. The minimum absolute atomic E-state index is 0.159. The van der Waals surface area contributed by atoms with Crippen molar-refractivity contribution in [2.45, 2.75) is 56.1 Å². The van der Waals surface area contributed by atoms with Crippen molar-refractivity contribution in [3.63, 3.8) is 0 Å². The number of hydrogen-bond acceptors (Lipinski definition) is 7. The molecule has 0 fully saturated rings. The first-order valence-corrected chi connectivity index (χ1v) is 11.5. The van der Waals surface area contributed by atoms with Gasteiger partial charge in [0.2, 0.25) is 0 Å². The molecule has 0 N–H and O–H groups in total. The predicted octanol–water partition coefficient (Wildman–Crippen LogP) is 4.97. The Bertz CT molecular complexity index is 976. The number of rotatable bonds is 6. The molecule has 0 saturated carbocycles. The van der Waals surface area contributed by atoms with Gasteiger partial charge in [0.25, 0.3) is 0 Å². The fraction of sp³-hybridized carbons (Fsp3) is 0.500. The van der Waals surface area contributed by atoms with Crippen molar-refractivity contribution in [3.8, 4) is 0 Å². The molecule has 5 nitrogen and oxygen atoms in total. The normalized spacial score (nSPS) is 16.3. The zero-order chi connectivity index (χ0) is 18.3. The number of nitrogens with zero attached hydrogens (tertiary/aromatic N) is 4. The van der Waals surface area contributed by atoms with Crippen LogP contribution in [0.5, 0.6) is 0 Å². The number of ether oxygens (including phenoxy) is 1. The Balaban J connectivity index is 1.95. The minimum Gasteiger partial charge on any atom is -0.370 e. The number of thiophene rings is 1. The largest absolute Gasteiger partial charge is 0.370 e. The lowest BCUT2D eigenvalue weighted by molar-refractivity contribution is -0.0379. The van der Waals surface area contributed by atoms with E-state index in [1.54, 1.807) is 34.9 Å². The van der Waals surface area contributed by atoms with Crippen LogP contribution in [0, 0.1) is 0 Å². The molecule has 0 atom stereocenters. The van der Waals surface area contributed by atoms with E-state index in [2.05, 4.69) is 41.9 Å². The predicted molar refractivity (Wildman–Crippen MR) is 111 cm³/mol. The number of hydrogen-bond donors (Lipinski definition) is 0. The average Bonchev–Trinajstić information content (AvgIpc) is 3.17. The summed E-state index contributed by atoms with van der Waals surface area (Å²) in [6.07, 6.45) is 3.87. The molecule has 4 rings (SSSR count). The van der Waals surface area contributed by atoms with Gasteiger partial charge < -0.3 is 4.74 Å². The zero-order valence-electron chi connectivity index (χ0n) is 15.2. The van der Waals surface area contributed by atoms with Crippen LogP contribution in [-0.4, -0.2) is 36.7 Å². The SMILES string of the molecule is C=CCSc1nnc2c3c4c(sc3nc(SCCC)n12)COC(C)(C)C4. The second kappa shape index (κ2) is 7.14. The molecule has 0 aliphatic carbocycles. The van der Waals surface area contributed by atoms with Gasteiger partial charge in [-0.3, -0.25) is 0 Å². The van der Waals surface area contributed by atoms with E-state index >= 15 is 0 Å². The molecule has 3 aromatic heterocycles. The van der Waals surface area contributed by atoms with Crippen LogP contribution in [0.15, 0.2) is 23.0 Å². The van der Waals surface area contributed by atoms with Crippen molar-refractivity contribution in [1.82, 2.24) is 19.6 Å². The van der Waals surface area contributed by atoms with Gasteiger partial charge >= 0.3 is 0 Å². The Morgan fingerprint density at radius 2 is 2.15 bits per heavy atom.